The van der Waals surface area contributed by atoms with Gasteiger partial charge in [-0.15, -0.1) is 0 Å². The van der Waals surface area contributed by atoms with Crippen LogP contribution in [-0.2, 0) is 0 Å². The van der Waals surface area contributed by atoms with Crippen LogP contribution in [0, 0.1) is 19.8 Å². The first-order valence-corrected chi connectivity index (χ1v) is 7.86. The number of alkyl halides is 1. The molecule has 1 fully saturated rings. The van der Waals surface area contributed by atoms with Crippen LogP contribution in [0.3, 0.4) is 0 Å². The molecule has 1 aliphatic rings. The maximum absolute atomic E-state index is 12.2. The Bertz CT molecular complexity index is 461. The first-order chi connectivity index (χ1) is 9.08. The maximum Gasteiger partial charge on any atom is 0.253 e. The van der Waals surface area contributed by atoms with E-state index in [0.717, 1.165) is 17.9 Å². The predicted octanol–water partition coefficient (Wildman–Crippen LogP) is 3.38. The second-order valence-electron chi connectivity index (χ2n) is 5.36. The molecular weight excluding hydrogens is 304 g/mol. The van der Waals surface area contributed by atoms with Gasteiger partial charge in [0, 0.05) is 17.1 Å². The summed E-state index contributed by atoms with van der Waals surface area (Å²) in [6.45, 7) is 4.57. The lowest BCUT2D eigenvalue weighted by molar-refractivity contribution is 0.0943. The van der Waals surface area contributed by atoms with Gasteiger partial charge in [0.1, 0.15) is 0 Å². The van der Waals surface area contributed by atoms with Gasteiger partial charge in [-0.05, 0) is 44.7 Å². The number of hydrogen-bond acceptors (Lipinski definition) is 2. The summed E-state index contributed by atoms with van der Waals surface area (Å²) in [5.41, 5.74) is 2.44. The number of pyridine rings is 1. The molecule has 0 saturated heterocycles. The van der Waals surface area contributed by atoms with Gasteiger partial charge >= 0.3 is 0 Å². The van der Waals surface area contributed by atoms with Gasteiger partial charge < -0.3 is 5.32 Å². The van der Waals surface area contributed by atoms with Crippen molar-refractivity contribution in [3.8, 4) is 0 Å². The van der Waals surface area contributed by atoms with Gasteiger partial charge in [-0.2, -0.15) is 0 Å². The fraction of sp³-hybridized carbons (Fsp3) is 0.600. The Hall–Kier alpha value is -0.900. The molecule has 3 nitrogen and oxygen atoms in total. The zero-order chi connectivity index (χ0) is 13.8. The van der Waals surface area contributed by atoms with E-state index in [1.807, 2.05) is 26.0 Å². The minimum absolute atomic E-state index is 0.00438. The van der Waals surface area contributed by atoms with E-state index in [4.69, 9.17) is 0 Å². The van der Waals surface area contributed by atoms with Crippen LogP contribution in [0.25, 0.3) is 0 Å². The maximum atomic E-state index is 12.2. The molecule has 0 aromatic carbocycles. The third kappa shape index (κ3) is 3.78. The van der Waals surface area contributed by atoms with E-state index in [1.165, 1.54) is 25.7 Å². The van der Waals surface area contributed by atoms with Crippen LogP contribution in [0.4, 0.5) is 0 Å². The van der Waals surface area contributed by atoms with Crippen LogP contribution in [-0.4, -0.2) is 22.3 Å². The SMILES string of the molecule is Cc1ccc(C(=O)NCC2CCCCC2Br)c(C)n1. The van der Waals surface area contributed by atoms with Crippen molar-refractivity contribution >= 4 is 21.8 Å². The summed E-state index contributed by atoms with van der Waals surface area (Å²) < 4.78 is 0. The molecule has 1 aliphatic carbocycles. The van der Waals surface area contributed by atoms with Crippen molar-refractivity contribution in [2.45, 2.75) is 44.4 Å². The van der Waals surface area contributed by atoms with Crippen molar-refractivity contribution in [3.63, 3.8) is 0 Å². The van der Waals surface area contributed by atoms with E-state index in [0.29, 0.717) is 16.3 Å². The van der Waals surface area contributed by atoms with Crippen LogP contribution in [0.1, 0.15) is 47.4 Å². The van der Waals surface area contributed by atoms with Crippen molar-refractivity contribution < 1.29 is 4.79 Å². The number of halogens is 1. The molecule has 1 N–H and O–H groups in total. The first kappa shape index (κ1) is 14.5. The molecule has 1 amide bonds. The van der Waals surface area contributed by atoms with Gasteiger partial charge in [-0.1, -0.05) is 28.8 Å². The molecule has 1 aromatic rings. The normalized spacial score (nSPS) is 23.1. The second-order valence-corrected chi connectivity index (χ2v) is 6.53. The van der Waals surface area contributed by atoms with Gasteiger partial charge in [0.15, 0.2) is 0 Å². The van der Waals surface area contributed by atoms with Crippen molar-refractivity contribution in [3.05, 3.63) is 29.1 Å². The summed E-state index contributed by atoms with van der Waals surface area (Å²) in [5.74, 6) is 0.548. The van der Waals surface area contributed by atoms with E-state index in [1.54, 1.807) is 0 Å². The molecular formula is C15H21BrN2O. The number of nitrogens with zero attached hydrogens (tertiary/aromatic N) is 1. The highest BCUT2D eigenvalue weighted by Gasteiger charge is 2.23. The Balaban J connectivity index is 1.93. The quantitative estimate of drug-likeness (QED) is 0.866. The van der Waals surface area contributed by atoms with Crippen molar-refractivity contribution in [1.82, 2.24) is 10.3 Å². The van der Waals surface area contributed by atoms with Gasteiger partial charge in [0.25, 0.3) is 5.91 Å². The summed E-state index contributed by atoms with van der Waals surface area (Å²) >= 11 is 3.72. The Morgan fingerprint density at radius 1 is 1.37 bits per heavy atom. The third-order valence-electron chi connectivity index (χ3n) is 3.81. The van der Waals surface area contributed by atoms with Crippen molar-refractivity contribution in [2.24, 2.45) is 5.92 Å². The summed E-state index contributed by atoms with van der Waals surface area (Å²) in [5, 5.41) is 3.05. The number of carbonyl (C=O) groups is 1. The average molecular weight is 325 g/mol. The van der Waals surface area contributed by atoms with Gasteiger partial charge in [-0.25, -0.2) is 0 Å². The van der Waals surface area contributed by atoms with Crippen LogP contribution in [0.2, 0.25) is 0 Å². The van der Waals surface area contributed by atoms with Crippen molar-refractivity contribution in [1.29, 1.82) is 0 Å². The zero-order valence-electron chi connectivity index (χ0n) is 11.6. The fourth-order valence-corrected chi connectivity index (χ4v) is 3.41. The fourth-order valence-electron chi connectivity index (χ4n) is 2.64. The standard InChI is InChI=1S/C15H21BrN2O/c1-10-7-8-13(11(2)18-10)15(19)17-9-12-5-3-4-6-14(12)16/h7-8,12,14H,3-6,9H2,1-2H3,(H,17,19). The first-order valence-electron chi connectivity index (χ1n) is 6.94. The van der Waals surface area contributed by atoms with E-state index < -0.39 is 0 Å². The molecule has 19 heavy (non-hydrogen) atoms. The van der Waals surface area contributed by atoms with Crippen molar-refractivity contribution in [2.75, 3.05) is 6.54 Å². The molecule has 2 unspecified atom stereocenters. The minimum Gasteiger partial charge on any atom is -0.352 e. The number of aromatic nitrogens is 1. The molecule has 2 rings (SSSR count). The molecule has 0 aliphatic heterocycles. The molecule has 4 heteroatoms. The van der Waals surface area contributed by atoms with E-state index in [-0.39, 0.29) is 5.91 Å². The van der Waals surface area contributed by atoms with Gasteiger partial charge in [-0.3, -0.25) is 9.78 Å². The van der Waals surface area contributed by atoms with Crippen LogP contribution in [0.15, 0.2) is 12.1 Å². The highest BCUT2D eigenvalue weighted by atomic mass is 79.9. The Labute approximate surface area is 123 Å². The number of aryl methyl sites for hydroxylation is 2. The highest BCUT2D eigenvalue weighted by Crippen LogP contribution is 2.29. The number of rotatable bonds is 3. The molecule has 1 heterocycles. The van der Waals surface area contributed by atoms with E-state index in [9.17, 15) is 4.79 Å². The smallest absolute Gasteiger partial charge is 0.253 e. The number of hydrogen-bond donors (Lipinski definition) is 1. The molecule has 0 spiro atoms. The summed E-state index contributed by atoms with van der Waals surface area (Å²) in [7, 11) is 0. The molecule has 0 radical (unpaired) electrons. The van der Waals surface area contributed by atoms with E-state index in [2.05, 4.69) is 26.2 Å². The van der Waals surface area contributed by atoms with Crippen LogP contribution in [0.5, 0.6) is 0 Å². The lowest BCUT2D eigenvalue weighted by Crippen LogP contribution is -2.34. The van der Waals surface area contributed by atoms with Gasteiger partial charge in [0.2, 0.25) is 0 Å². The lowest BCUT2D eigenvalue weighted by Gasteiger charge is -2.27. The molecule has 104 valence electrons. The Morgan fingerprint density at radius 3 is 2.79 bits per heavy atom. The molecule has 2 atom stereocenters. The van der Waals surface area contributed by atoms with Crippen LogP contribution >= 0.6 is 15.9 Å². The Morgan fingerprint density at radius 2 is 2.11 bits per heavy atom. The minimum atomic E-state index is -0.00438. The zero-order valence-corrected chi connectivity index (χ0v) is 13.2. The highest BCUT2D eigenvalue weighted by molar-refractivity contribution is 9.09. The molecule has 1 saturated carbocycles. The number of carbonyl (C=O) groups excluding carboxylic acids is 1. The molecule has 0 bridgehead atoms. The predicted molar refractivity (Wildman–Crippen MR) is 80.7 cm³/mol. The molecule has 1 aromatic heterocycles. The number of nitrogens with one attached hydrogen (secondary N) is 1. The summed E-state index contributed by atoms with van der Waals surface area (Å²) in [6.07, 6.45) is 4.97. The average Bonchev–Trinajstić information content (AvgIpc) is 2.37. The lowest BCUT2D eigenvalue weighted by atomic mass is 9.89. The number of amides is 1. The Kier molecular flexibility index (Phi) is 4.97. The summed E-state index contributed by atoms with van der Waals surface area (Å²) in [6, 6.07) is 3.75. The van der Waals surface area contributed by atoms with Crippen LogP contribution < -0.4 is 5.32 Å². The van der Waals surface area contributed by atoms with E-state index >= 15 is 0 Å². The third-order valence-corrected chi connectivity index (χ3v) is 5.02. The summed E-state index contributed by atoms with van der Waals surface area (Å²) in [4.78, 5) is 17.0. The monoisotopic (exact) mass is 324 g/mol. The second kappa shape index (κ2) is 6.51. The topological polar surface area (TPSA) is 42.0 Å². The largest absolute Gasteiger partial charge is 0.352 e. The van der Waals surface area contributed by atoms with Gasteiger partial charge in [0.05, 0.1) is 11.3 Å².